The van der Waals surface area contributed by atoms with Crippen molar-refractivity contribution >= 4 is 11.7 Å². The molecule has 1 N–H and O–H groups in total. The van der Waals surface area contributed by atoms with Crippen LogP contribution < -0.4 is 5.32 Å². The van der Waals surface area contributed by atoms with Crippen LogP contribution in [0.5, 0.6) is 0 Å². The molecule has 0 aromatic carbocycles. The van der Waals surface area contributed by atoms with Crippen LogP contribution in [0, 0.1) is 0 Å². The van der Waals surface area contributed by atoms with E-state index in [-0.39, 0.29) is 17.9 Å². The zero-order valence-electron chi connectivity index (χ0n) is 12.0. The molecule has 1 aromatic rings. The van der Waals surface area contributed by atoms with Crippen LogP contribution in [-0.4, -0.2) is 37.8 Å². The highest BCUT2D eigenvalue weighted by Crippen LogP contribution is 2.21. The first-order chi connectivity index (χ1) is 8.93. The lowest BCUT2D eigenvalue weighted by atomic mass is 9.92. The van der Waals surface area contributed by atoms with E-state index in [1.807, 2.05) is 12.1 Å². The number of nitrogens with zero attached hydrogens (tertiary/aromatic N) is 1. The van der Waals surface area contributed by atoms with Crippen LogP contribution in [0.4, 0.5) is 5.82 Å². The van der Waals surface area contributed by atoms with E-state index in [4.69, 9.17) is 9.47 Å². The Labute approximate surface area is 114 Å². The second-order valence-electron chi connectivity index (χ2n) is 5.25. The summed E-state index contributed by atoms with van der Waals surface area (Å²) in [5.41, 5.74) is 0.890. The Kier molecular flexibility index (Phi) is 5.92. The van der Waals surface area contributed by atoms with E-state index in [2.05, 4.69) is 31.1 Å². The van der Waals surface area contributed by atoms with Gasteiger partial charge in [0.15, 0.2) is 0 Å². The van der Waals surface area contributed by atoms with Crippen LogP contribution in [-0.2, 0) is 19.7 Å². The number of amides is 1. The largest absolute Gasteiger partial charge is 0.382 e. The fourth-order valence-corrected chi connectivity index (χ4v) is 1.41. The van der Waals surface area contributed by atoms with Crippen LogP contribution in [0.1, 0.15) is 26.5 Å². The molecule has 5 nitrogen and oxygen atoms in total. The summed E-state index contributed by atoms with van der Waals surface area (Å²) in [7, 11) is 1.59. The van der Waals surface area contributed by atoms with E-state index < -0.39 is 0 Å². The minimum absolute atomic E-state index is 0.00475. The van der Waals surface area contributed by atoms with Crippen LogP contribution in [0.15, 0.2) is 18.2 Å². The van der Waals surface area contributed by atoms with Crippen molar-refractivity contribution in [2.45, 2.75) is 26.2 Å². The monoisotopic (exact) mass is 266 g/mol. The standard InChI is InChI=1S/C14H22N2O3/c1-14(2,3)11-6-5-7-12(15-11)16-13(17)10-19-9-8-18-4/h5-7H,8-10H2,1-4H3,(H,15,16,17). The summed E-state index contributed by atoms with van der Waals surface area (Å²) in [6, 6.07) is 5.60. The van der Waals surface area contributed by atoms with Gasteiger partial charge in [-0.3, -0.25) is 4.79 Å². The molecule has 0 spiro atoms. The molecular weight excluding hydrogens is 244 g/mol. The molecule has 0 saturated carbocycles. The van der Waals surface area contributed by atoms with Crippen molar-refractivity contribution in [2.24, 2.45) is 0 Å². The Bertz CT molecular complexity index is 413. The van der Waals surface area contributed by atoms with Crippen LogP contribution in [0.3, 0.4) is 0 Å². The number of methoxy groups -OCH3 is 1. The summed E-state index contributed by atoms with van der Waals surface area (Å²) in [5.74, 6) is 0.336. The molecule has 106 valence electrons. The Hall–Kier alpha value is -1.46. The van der Waals surface area contributed by atoms with Gasteiger partial charge in [-0.15, -0.1) is 0 Å². The summed E-state index contributed by atoms with van der Waals surface area (Å²) < 4.78 is 9.97. The normalized spacial score (nSPS) is 11.4. The first kappa shape index (κ1) is 15.6. The number of rotatable bonds is 6. The summed E-state index contributed by atoms with van der Waals surface area (Å²) in [5, 5.41) is 2.72. The van der Waals surface area contributed by atoms with Crippen molar-refractivity contribution in [1.82, 2.24) is 4.98 Å². The van der Waals surface area contributed by atoms with Gasteiger partial charge in [0, 0.05) is 18.2 Å². The maximum Gasteiger partial charge on any atom is 0.251 e. The second kappa shape index (κ2) is 7.21. The number of anilines is 1. The first-order valence-corrected chi connectivity index (χ1v) is 6.27. The van der Waals surface area contributed by atoms with Gasteiger partial charge in [0.2, 0.25) is 0 Å². The topological polar surface area (TPSA) is 60.5 Å². The van der Waals surface area contributed by atoms with Crippen molar-refractivity contribution in [3.05, 3.63) is 23.9 Å². The number of carbonyl (C=O) groups excluding carboxylic acids is 1. The molecule has 0 aliphatic heterocycles. The van der Waals surface area contributed by atoms with E-state index in [0.29, 0.717) is 19.0 Å². The maximum atomic E-state index is 11.6. The Morgan fingerprint density at radius 1 is 1.32 bits per heavy atom. The van der Waals surface area contributed by atoms with Gasteiger partial charge in [0.1, 0.15) is 12.4 Å². The van der Waals surface area contributed by atoms with Gasteiger partial charge in [-0.1, -0.05) is 26.8 Å². The van der Waals surface area contributed by atoms with E-state index in [9.17, 15) is 4.79 Å². The number of hydrogen-bond acceptors (Lipinski definition) is 4. The lowest BCUT2D eigenvalue weighted by molar-refractivity contribution is -0.121. The molecule has 0 unspecified atom stereocenters. The molecule has 1 rings (SSSR count). The molecule has 5 heteroatoms. The van der Waals surface area contributed by atoms with Crippen molar-refractivity contribution in [3.63, 3.8) is 0 Å². The predicted octanol–water partition coefficient (Wildman–Crippen LogP) is 1.98. The molecule has 0 fully saturated rings. The summed E-state index contributed by atoms with van der Waals surface area (Å²) in [6.45, 7) is 7.12. The van der Waals surface area contributed by atoms with Gasteiger partial charge in [-0.05, 0) is 12.1 Å². The highest BCUT2D eigenvalue weighted by molar-refractivity contribution is 5.90. The van der Waals surface area contributed by atoms with Crippen LogP contribution in [0.2, 0.25) is 0 Å². The Morgan fingerprint density at radius 3 is 2.68 bits per heavy atom. The number of ether oxygens (including phenoxy) is 2. The lowest BCUT2D eigenvalue weighted by Crippen LogP contribution is -2.21. The van der Waals surface area contributed by atoms with Gasteiger partial charge in [0.05, 0.1) is 13.2 Å². The van der Waals surface area contributed by atoms with Gasteiger partial charge in [0.25, 0.3) is 5.91 Å². The third kappa shape index (κ3) is 5.81. The number of nitrogens with one attached hydrogen (secondary N) is 1. The zero-order chi connectivity index (χ0) is 14.3. The van der Waals surface area contributed by atoms with Crippen molar-refractivity contribution in [3.8, 4) is 0 Å². The highest BCUT2D eigenvalue weighted by atomic mass is 16.5. The molecule has 0 saturated heterocycles. The van der Waals surface area contributed by atoms with E-state index in [1.165, 1.54) is 0 Å². The third-order valence-electron chi connectivity index (χ3n) is 2.45. The van der Waals surface area contributed by atoms with Crippen molar-refractivity contribution in [1.29, 1.82) is 0 Å². The molecular formula is C14H22N2O3. The average Bonchev–Trinajstić information content (AvgIpc) is 2.34. The zero-order valence-corrected chi connectivity index (χ0v) is 12.0. The van der Waals surface area contributed by atoms with Gasteiger partial charge < -0.3 is 14.8 Å². The van der Waals surface area contributed by atoms with Gasteiger partial charge in [-0.2, -0.15) is 0 Å². The summed E-state index contributed by atoms with van der Waals surface area (Å²) in [4.78, 5) is 16.0. The fraction of sp³-hybridized carbons (Fsp3) is 0.571. The molecule has 0 atom stereocenters. The average molecular weight is 266 g/mol. The minimum Gasteiger partial charge on any atom is -0.382 e. The Balaban J connectivity index is 2.50. The third-order valence-corrected chi connectivity index (χ3v) is 2.45. The quantitative estimate of drug-likeness (QED) is 0.800. The van der Waals surface area contributed by atoms with E-state index in [0.717, 1.165) is 5.69 Å². The van der Waals surface area contributed by atoms with E-state index >= 15 is 0 Å². The number of aromatic nitrogens is 1. The van der Waals surface area contributed by atoms with Gasteiger partial charge in [-0.25, -0.2) is 4.98 Å². The summed E-state index contributed by atoms with van der Waals surface area (Å²) in [6.07, 6.45) is 0. The maximum absolute atomic E-state index is 11.6. The Morgan fingerprint density at radius 2 is 2.05 bits per heavy atom. The van der Waals surface area contributed by atoms with Crippen LogP contribution >= 0.6 is 0 Å². The lowest BCUT2D eigenvalue weighted by Gasteiger charge is -2.18. The molecule has 0 aliphatic rings. The molecule has 0 radical (unpaired) electrons. The molecule has 19 heavy (non-hydrogen) atoms. The molecule has 1 amide bonds. The predicted molar refractivity (Wildman–Crippen MR) is 74.3 cm³/mol. The number of pyridine rings is 1. The minimum atomic E-state index is -0.213. The van der Waals surface area contributed by atoms with Gasteiger partial charge >= 0.3 is 0 Å². The van der Waals surface area contributed by atoms with Crippen LogP contribution in [0.25, 0.3) is 0 Å². The number of carbonyl (C=O) groups is 1. The van der Waals surface area contributed by atoms with Crippen molar-refractivity contribution < 1.29 is 14.3 Å². The first-order valence-electron chi connectivity index (χ1n) is 6.27. The molecule has 1 heterocycles. The highest BCUT2D eigenvalue weighted by Gasteiger charge is 2.15. The SMILES string of the molecule is COCCOCC(=O)Nc1cccc(C(C)(C)C)n1. The van der Waals surface area contributed by atoms with Crippen molar-refractivity contribution in [2.75, 3.05) is 32.2 Å². The molecule has 0 aliphatic carbocycles. The second-order valence-corrected chi connectivity index (χ2v) is 5.25. The summed E-state index contributed by atoms with van der Waals surface area (Å²) >= 11 is 0. The molecule has 1 aromatic heterocycles. The fourth-order valence-electron chi connectivity index (χ4n) is 1.41. The van der Waals surface area contributed by atoms with E-state index in [1.54, 1.807) is 13.2 Å². The smallest absolute Gasteiger partial charge is 0.251 e. The number of hydrogen-bond donors (Lipinski definition) is 1. The molecule has 0 bridgehead atoms.